The second-order valence-electron chi connectivity index (χ2n) is 8.17. The molecule has 14 nitrogen and oxygen atoms in total. The number of thioether (sulfide) groups is 1. The molecule has 0 radical (unpaired) electrons. The van der Waals surface area contributed by atoms with Gasteiger partial charge in [0.25, 0.3) is 5.91 Å². The van der Waals surface area contributed by atoms with Crippen LogP contribution in [0.1, 0.15) is 6.92 Å². The van der Waals surface area contributed by atoms with E-state index in [2.05, 4.69) is 15.5 Å². The Balaban J connectivity index is 1.33. The summed E-state index contributed by atoms with van der Waals surface area (Å²) >= 11 is 1.10. The van der Waals surface area contributed by atoms with Crippen molar-refractivity contribution in [1.29, 1.82) is 0 Å². The number of aliphatic carboxylic acids is 1. The van der Waals surface area contributed by atoms with E-state index in [0.717, 1.165) is 27.2 Å². The van der Waals surface area contributed by atoms with Gasteiger partial charge < -0.3 is 19.8 Å². The van der Waals surface area contributed by atoms with Crippen molar-refractivity contribution in [3.8, 4) is 0 Å². The number of carboxylic acid groups (broad SMARTS) is 2. The summed E-state index contributed by atoms with van der Waals surface area (Å²) < 4.78 is 7.00. The fourth-order valence-electron chi connectivity index (χ4n) is 4.74. The molecule has 2 fully saturated rings. The molecule has 3 aliphatic heterocycles. The Morgan fingerprint density at radius 2 is 1.97 bits per heavy atom. The molecule has 1 unspecified atom stereocenters. The van der Waals surface area contributed by atoms with Crippen LogP contribution in [-0.4, -0.2) is 101 Å². The summed E-state index contributed by atoms with van der Waals surface area (Å²) in [5.74, 6) is -2.07. The maximum Gasteiger partial charge on any atom is 0.409 e. The van der Waals surface area contributed by atoms with Crippen molar-refractivity contribution in [3.05, 3.63) is 41.6 Å². The number of aromatic nitrogens is 4. The molecule has 188 valence electrons. The molecule has 0 bridgehead atoms. The van der Waals surface area contributed by atoms with Crippen molar-refractivity contribution in [2.24, 2.45) is 0 Å². The van der Waals surface area contributed by atoms with Gasteiger partial charge in [0.2, 0.25) is 11.1 Å². The lowest BCUT2D eigenvalue weighted by molar-refractivity contribution is -0.182. The first kappa shape index (κ1) is 23.7. The van der Waals surface area contributed by atoms with Crippen LogP contribution in [0, 0.1) is 0 Å². The summed E-state index contributed by atoms with van der Waals surface area (Å²) in [7, 11) is 0. The van der Waals surface area contributed by atoms with Crippen LogP contribution in [-0.2, 0) is 25.7 Å². The van der Waals surface area contributed by atoms with Gasteiger partial charge in [-0.3, -0.25) is 19.4 Å². The van der Waals surface area contributed by atoms with E-state index in [1.165, 1.54) is 4.68 Å². The number of carbonyl (C=O) groups excluding carboxylic acids is 2. The number of hydrogen-bond donors (Lipinski definition) is 2. The predicted molar refractivity (Wildman–Crippen MR) is 122 cm³/mol. The van der Waals surface area contributed by atoms with Crippen molar-refractivity contribution in [2.75, 3.05) is 23.9 Å². The fraction of sp³-hybridized carbons (Fsp3) is 0.381. The number of carbonyl (C=O) groups is 4. The highest BCUT2D eigenvalue weighted by molar-refractivity contribution is 7.99. The van der Waals surface area contributed by atoms with Crippen LogP contribution >= 0.6 is 11.8 Å². The lowest BCUT2D eigenvalue weighted by Crippen LogP contribution is -2.75. The van der Waals surface area contributed by atoms with Gasteiger partial charge in [-0.2, -0.15) is 0 Å². The number of rotatable bonds is 8. The van der Waals surface area contributed by atoms with Gasteiger partial charge in [-0.1, -0.05) is 30.0 Å². The van der Waals surface area contributed by atoms with Gasteiger partial charge in [0, 0.05) is 23.6 Å². The standard InChI is InChI=1S/C21H21N7O7S/c1-2-25(11-6-4-3-5-7-11)13(29)8-27-20(22-23-24-27)36-9-12-14(19(31)32)28-15-16(18(28)30)26(21(33)34)10-35-17(12)15/h3-7,15-17H,2,8-10H2,1H3,(H,31,32)(H,33,34)/t15-,16-,17?/m0/s1. The molecule has 4 heterocycles. The van der Waals surface area contributed by atoms with Crippen molar-refractivity contribution < 1.29 is 34.1 Å². The van der Waals surface area contributed by atoms with Crippen molar-refractivity contribution >= 4 is 41.3 Å². The molecule has 0 spiro atoms. The van der Waals surface area contributed by atoms with Crippen LogP contribution < -0.4 is 4.90 Å². The summed E-state index contributed by atoms with van der Waals surface area (Å²) in [6.45, 7) is 1.82. The van der Waals surface area contributed by atoms with E-state index in [0.29, 0.717) is 12.1 Å². The van der Waals surface area contributed by atoms with Gasteiger partial charge in [0.1, 0.15) is 31.1 Å². The zero-order valence-corrected chi connectivity index (χ0v) is 19.7. The second kappa shape index (κ2) is 9.23. The van der Waals surface area contributed by atoms with Gasteiger partial charge in [-0.25, -0.2) is 14.3 Å². The van der Waals surface area contributed by atoms with E-state index in [9.17, 15) is 29.4 Å². The lowest BCUT2D eigenvalue weighted by atomic mass is 9.89. The van der Waals surface area contributed by atoms with Crippen molar-refractivity contribution in [1.82, 2.24) is 30.0 Å². The maximum absolute atomic E-state index is 13.0. The molecule has 15 heteroatoms. The molecule has 36 heavy (non-hydrogen) atoms. The van der Waals surface area contributed by atoms with E-state index < -0.39 is 36.2 Å². The SMILES string of the molecule is CCN(C(=O)Cn1nnnc1SCC1=C(C(=O)O)N2C(=O)[C@@H]3[C@H]2C1OCN3C(=O)O)c1ccccc1. The topological polar surface area (TPSA) is 171 Å². The molecular weight excluding hydrogens is 494 g/mol. The summed E-state index contributed by atoms with van der Waals surface area (Å²) in [4.78, 5) is 52.6. The number of hydrogen-bond acceptors (Lipinski definition) is 9. The number of ether oxygens (including phenoxy) is 1. The van der Waals surface area contributed by atoms with Crippen LogP contribution in [0.2, 0.25) is 0 Å². The largest absolute Gasteiger partial charge is 0.477 e. The number of anilines is 1. The third-order valence-electron chi connectivity index (χ3n) is 6.31. The fourth-order valence-corrected chi connectivity index (χ4v) is 5.67. The molecular formula is C21H21N7O7S. The number of likely N-dealkylation sites (N-methyl/N-ethyl adjacent to an activating group) is 1. The first-order valence-corrected chi connectivity index (χ1v) is 12.0. The number of carboxylic acids is 1. The van der Waals surface area contributed by atoms with E-state index in [-0.39, 0.29) is 35.8 Å². The van der Waals surface area contributed by atoms with Crippen LogP contribution in [0.5, 0.6) is 0 Å². The molecule has 2 aromatic rings. The first-order chi connectivity index (χ1) is 17.3. The number of amides is 3. The van der Waals surface area contributed by atoms with Crippen molar-refractivity contribution in [2.45, 2.75) is 36.8 Å². The highest BCUT2D eigenvalue weighted by Gasteiger charge is 2.65. The van der Waals surface area contributed by atoms with Gasteiger partial charge in [-0.05, 0) is 29.5 Å². The van der Waals surface area contributed by atoms with Gasteiger partial charge in [0.15, 0.2) is 0 Å². The van der Waals surface area contributed by atoms with Crippen LogP contribution in [0.25, 0.3) is 0 Å². The zero-order chi connectivity index (χ0) is 25.6. The Morgan fingerprint density at radius 3 is 2.64 bits per heavy atom. The van der Waals surface area contributed by atoms with E-state index in [1.807, 2.05) is 37.3 Å². The Labute approximate surface area is 208 Å². The smallest absolute Gasteiger partial charge is 0.409 e. The first-order valence-electron chi connectivity index (χ1n) is 11.0. The molecule has 2 saturated heterocycles. The van der Waals surface area contributed by atoms with Crippen LogP contribution in [0.15, 0.2) is 46.8 Å². The minimum absolute atomic E-state index is 0.0666. The molecule has 2 N–H and O–H groups in total. The minimum atomic E-state index is -1.31. The Morgan fingerprint density at radius 1 is 1.22 bits per heavy atom. The number of β-lactam (4-membered cyclic amide) rings is 1. The molecule has 0 saturated carbocycles. The lowest BCUT2D eigenvalue weighted by Gasteiger charge is -2.51. The van der Waals surface area contributed by atoms with Crippen LogP contribution in [0.3, 0.4) is 0 Å². The average molecular weight is 516 g/mol. The number of benzene rings is 1. The minimum Gasteiger partial charge on any atom is -0.477 e. The zero-order valence-electron chi connectivity index (χ0n) is 18.9. The van der Waals surface area contributed by atoms with Crippen LogP contribution in [0.4, 0.5) is 10.5 Å². The monoisotopic (exact) mass is 515 g/mol. The highest BCUT2D eigenvalue weighted by Crippen LogP contribution is 2.46. The quantitative estimate of drug-likeness (QED) is 0.360. The molecule has 3 amide bonds. The summed E-state index contributed by atoms with van der Waals surface area (Å²) in [5, 5.41) is 31.0. The molecule has 1 aromatic carbocycles. The normalized spacial score (nSPS) is 22.4. The Hall–Kier alpha value is -3.98. The van der Waals surface area contributed by atoms with Gasteiger partial charge >= 0.3 is 12.1 Å². The molecule has 0 aliphatic carbocycles. The molecule has 3 aliphatic rings. The van der Waals surface area contributed by atoms with Gasteiger partial charge in [0.05, 0.1) is 6.04 Å². The Kier molecular flexibility index (Phi) is 6.09. The molecule has 3 atom stereocenters. The van der Waals surface area contributed by atoms with Crippen molar-refractivity contribution in [3.63, 3.8) is 0 Å². The summed E-state index contributed by atoms with van der Waals surface area (Å²) in [5.41, 5.74) is 0.851. The molecule has 5 rings (SSSR count). The third kappa shape index (κ3) is 3.76. The predicted octanol–water partition coefficient (Wildman–Crippen LogP) is 0.0863. The Bertz CT molecular complexity index is 1270. The number of tetrazole rings is 1. The third-order valence-corrected chi connectivity index (χ3v) is 7.32. The summed E-state index contributed by atoms with van der Waals surface area (Å²) in [6, 6.07) is 7.45. The van der Waals surface area contributed by atoms with E-state index >= 15 is 0 Å². The van der Waals surface area contributed by atoms with E-state index in [4.69, 9.17) is 4.74 Å². The summed E-state index contributed by atoms with van der Waals surface area (Å²) in [6.07, 6.45) is -2.08. The van der Waals surface area contributed by atoms with E-state index in [1.54, 1.807) is 4.90 Å². The second-order valence-corrected chi connectivity index (χ2v) is 9.12. The number of para-hydroxylation sites is 1. The van der Waals surface area contributed by atoms with Gasteiger partial charge in [-0.15, -0.1) is 5.10 Å². The average Bonchev–Trinajstić information content (AvgIpc) is 3.43. The maximum atomic E-state index is 13.0. The number of nitrogens with zero attached hydrogens (tertiary/aromatic N) is 7. The highest BCUT2D eigenvalue weighted by atomic mass is 32.2. The molecule has 1 aromatic heterocycles.